The molecule has 0 saturated heterocycles. The maximum atomic E-state index is 13.1. The first-order valence-electron chi connectivity index (χ1n) is 8.29. The van der Waals surface area contributed by atoms with E-state index >= 15 is 0 Å². The van der Waals surface area contributed by atoms with Crippen LogP contribution in [0, 0.1) is 12.7 Å². The van der Waals surface area contributed by atoms with Crippen LogP contribution in [0.3, 0.4) is 0 Å². The summed E-state index contributed by atoms with van der Waals surface area (Å²) in [7, 11) is 3.21. The van der Waals surface area contributed by atoms with E-state index in [-0.39, 0.29) is 24.9 Å². The van der Waals surface area contributed by atoms with Crippen molar-refractivity contribution in [3.63, 3.8) is 0 Å². The highest BCUT2D eigenvalue weighted by atomic mass is 35.5. The predicted octanol–water partition coefficient (Wildman–Crippen LogP) is 1.89. The Labute approximate surface area is 162 Å². The van der Waals surface area contributed by atoms with Gasteiger partial charge in [-0.2, -0.15) is 0 Å². The van der Waals surface area contributed by atoms with Crippen LogP contribution in [0.4, 0.5) is 15.8 Å². The fourth-order valence-corrected chi connectivity index (χ4v) is 2.66. The van der Waals surface area contributed by atoms with Crippen LogP contribution in [0.1, 0.15) is 5.56 Å². The number of benzene rings is 2. The molecule has 2 aromatic rings. The van der Waals surface area contributed by atoms with Crippen LogP contribution in [-0.4, -0.2) is 39.1 Å². The minimum absolute atomic E-state index is 0.0563. The second kappa shape index (κ2) is 9.34. The molecule has 0 bridgehead atoms. The number of halogens is 2. The molecule has 144 valence electrons. The second-order valence-electron chi connectivity index (χ2n) is 6.22. The predicted molar refractivity (Wildman–Crippen MR) is 103 cm³/mol. The van der Waals surface area contributed by atoms with E-state index in [0.717, 1.165) is 5.56 Å². The van der Waals surface area contributed by atoms with Crippen molar-refractivity contribution in [3.8, 4) is 5.75 Å². The SMILES string of the molecule is COc1cc(Cl)c(C)cc1NC(=O)C[NH+](C)CC(=O)Nc1cccc(F)c1. The summed E-state index contributed by atoms with van der Waals surface area (Å²) in [6.45, 7) is 1.95. The van der Waals surface area contributed by atoms with Crippen molar-refractivity contribution in [2.75, 3.05) is 37.9 Å². The van der Waals surface area contributed by atoms with Gasteiger partial charge in [0, 0.05) is 16.8 Å². The molecule has 0 radical (unpaired) electrons. The van der Waals surface area contributed by atoms with E-state index in [1.807, 2.05) is 6.92 Å². The van der Waals surface area contributed by atoms with Gasteiger partial charge in [0.1, 0.15) is 11.6 Å². The lowest BCUT2D eigenvalue weighted by Gasteiger charge is -2.15. The molecule has 0 spiro atoms. The van der Waals surface area contributed by atoms with Crippen molar-refractivity contribution >= 4 is 34.8 Å². The molecule has 2 aromatic carbocycles. The molecule has 0 aromatic heterocycles. The fraction of sp³-hybridized carbons (Fsp3) is 0.263. The molecule has 0 heterocycles. The number of ether oxygens (including phenoxy) is 1. The Morgan fingerprint density at radius 3 is 2.44 bits per heavy atom. The highest BCUT2D eigenvalue weighted by molar-refractivity contribution is 6.31. The van der Waals surface area contributed by atoms with Gasteiger partial charge in [0.25, 0.3) is 11.8 Å². The standard InChI is InChI=1S/C19H21ClFN3O3/c1-12-7-16(17(27-3)9-15(12)20)23-19(26)11-24(2)10-18(25)22-14-6-4-5-13(21)8-14/h4-9H,10-11H2,1-3H3,(H,22,25)(H,23,26)/p+1. The highest BCUT2D eigenvalue weighted by Gasteiger charge is 2.16. The number of likely N-dealkylation sites (N-methyl/N-ethyl adjacent to an activating group) is 1. The maximum absolute atomic E-state index is 13.1. The Hall–Kier alpha value is -2.64. The lowest BCUT2D eigenvalue weighted by atomic mass is 10.2. The number of methoxy groups -OCH3 is 1. The molecule has 8 heteroatoms. The van der Waals surface area contributed by atoms with Crippen LogP contribution in [0.25, 0.3) is 0 Å². The molecular formula is C19H22ClFN3O3+. The van der Waals surface area contributed by atoms with E-state index in [0.29, 0.717) is 27.0 Å². The van der Waals surface area contributed by atoms with Crippen LogP contribution in [0.5, 0.6) is 5.75 Å². The minimum Gasteiger partial charge on any atom is -0.495 e. The van der Waals surface area contributed by atoms with E-state index in [1.54, 1.807) is 25.2 Å². The summed E-state index contributed by atoms with van der Waals surface area (Å²) in [5.74, 6) is -0.558. The number of hydrogen-bond acceptors (Lipinski definition) is 3. The molecule has 1 atom stereocenters. The van der Waals surface area contributed by atoms with Gasteiger partial charge in [0.05, 0.1) is 19.8 Å². The molecule has 3 N–H and O–H groups in total. The summed E-state index contributed by atoms with van der Waals surface area (Å²) in [6.07, 6.45) is 0. The van der Waals surface area contributed by atoms with Crippen LogP contribution in [0.2, 0.25) is 5.02 Å². The van der Waals surface area contributed by atoms with Gasteiger partial charge in [0.15, 0.2) is 13.1 Å². The van der Waals surface area contributed by atoms with E-state index in [1.165, 1.54) is 25.3 Å². The zero-order valence-electron chi connectivity index (χ0n) is 15.4. The Morgan fingerprint density at radius 1 is 1.15 bits per heavy atom. The number of nitrogens with one attached hydrogen (secondary N) is 3. The lowest BCUT2D eigenvalue weighted by Crippen LogP contribution is -3.11. The number of amides is 2. The van der Waals surface area contributed by atoms with Gasteiger partial charge in [0.2, 0.25) is 0 Å². The molecule has 2 rings (SSSR count). The van der Waals surface area contributed by atoms with Crippen LogP contribution < -0.4 is 20.3 Å². The largest absolute Gasteiger partial charge is 0.495 e. The Balaban J connectivity index is 1.90. The second-order valence-corrected chi connectivity index (χ2v) is 6.63. The molecule has 0 aliphatic carbocycles. The quantitative estimate of drug-likeness (QED) is 0.671. The van der Waals surface area contributed by atoms with Crippen LogP contribution >= 0.6 is 11.6 Å². The third-order valence-corrected chi connectivity index (χ3v) is 4.20. The minimum atomic E-state index is -0.430. The van der Waals surface area contributed by atoms with Gasteiger partial charge in [-0.15, -0.1) is 0 Å². The number of carbonyl (C=O) groups is 2. The third kappa shape index (κ3) is 6.23. The monoisotopic (exact) mass is 394 g/mol. The van der Waals surface area contributed by atoms with E-state index < -0.39 is 5.82 Å². The summed E-state index contributed by atoms with van der Waals surface area (Å²) in [6, 6.07) is 8.99. The van der Waals surface area contributed by atoms with Crippen molar-refractivity contribution in [1.29, 1.82) is 0 Å². The number of quaternary nitrogens is 1. The van der Waals surface area contributed by atoms with Crippen molar-refractivity contribution in [2.24, 2.45) is 0 Å². The third-order valence-electron chi connectivity index (χ3n) is 3.79. The summed E-state index contributed by atoms with van der Waals surface area (Å²) in [4.78, 5) is 25.0. The molecule has 0 fully saturated rings. The first-order chi connectivity index (χ1) is 12.8. The van der Waals surface area contributed by atoms with E-state index in [4.69, 9.17) is 16.3 Å². The zero-order valence-corrected chi connectivity index (χ0v) is 16.1. The Bertz CT molecular complexity index is 845. The van der Waals surface area contributed by atoms with E-state index in [2.05, 4.69) is 10.6 Å². The fourth-order valence-electron chi connectivity index (χ4n) is 2.51. The topological polar surface area (TPSA) is 71.9 Å². The zero-order chi connectivity index (χ0) is 20.0. The smallest absolute Gasteiger partial charge is 0.279 e. The maximum Gasteiger partial charge on any atom is 0.279 e. The molecule has 27 heavy (non-hydrogen) atoms. The highest BCUT2D eigenvalue weighted by Crippen LogP contribution is 2.30. The molecule has 6 nitrogen and oxygen atoms in total. The summed E-state index contributed by atoms with van der Waals surface area (Å²) in [5, 5.41) is 5.91. The Morgan fingerprint density at radius 2 is 1.81 bits per heavy atom. The van der Waals surface area contributed by atoms with E-state index in [9.17, 15) is 14.0 Å². The van der Waals surface area contributed by atoms with Crippen LogP contribution in [-0.2, 0) is 9.59 Å². The summed E-state index contributed by atoms with van der Waals surface area (Å²) < 4.78 is 18.4. The lowest BCUT2D eigenvalue weighted by molar-refractivity contribution is -0.862. The Kier molecular flexibility index (Phi) is 7.15. The first-order valence-corrected chi connectivity index (χ1v) is 8.67. The number of carbonyl (C=O) groups excluding carboxylic acids is 2. The van der Waals surface area contributed by atoms with Crippen molar-refractivity contribution in [2.45, 2.75) is 6.92 Å². The van der Waals surface area contributed by atoms with Gasteiger partial charge in [-0.05, 0) is 36.8 Å². The number of rotatable bonds is 7. The first kappa shape index (κ1) is 20.7. The van der Waals surface area contributed by atoms with Crippen molar-refractivity contribution in [1.82, 2.24) is 0 Å². The van der Waals surface area contributed by atoms with Gasteiger partial charge in [-0.1, -0.05) is 17.7 Å². The molecule has 1 unspecified atom stereocenters. The average Bonchev–Trinajstić information content (AvgIpc) is 2.57. The van der Waals surface area contributed by atoms with Crippen LogP contribution in [0.15, 0.2) is 36.4 Å². The van der Waals surface area contributed by atoms with Gasteiger partial charge < -0.3 is 20.3 Å². The summed E-state index contributed by atoms with van der Waals surface area (Å²) in [5.41, 5.74) is 1.70. The van der Waals surface area contributed by atoms with Gasteiger partial charge >= 0.3 is 0 Å². The number of hydrogen-bond donors (Lipinski definition) is 3. The molecule has 0 aliphatic rings. The number of anilines is 2. The van der Waals surface area contributed by atoms with Crippen molar-refractivity contribution < 1.29 is 23.6 Å². The van der Waals surface area contributed by atoms with Gasteiger partial charge in [-0.25, -0.2) is 4.39 Å². The molecule has 0 aliphatic heterocycles. The van der Waals surface area contributed by atoms with Crippen molar-refractivity contribution in [3.05, 3.63) is 52.8 Å². The molecular weight excluding hydrogens is 373 g/mol. The molecule has 2 amide bonds. The normalized spacial score (nSPS) is 11.6. The molecule has 0 saturated carbocycles. The number of aryl methyl sites for hydroxylation is 1. The van der Waals surface area contributed by atoms with Gasteiger partial charge in [-0.3, -0.25) is 9.59 Å². The summed E-state index contributed by atoms with van der Waals surface area (Å²) >= 11 is 6.05. The average molecular weight is 395 g/mol.